The quantitative estimate of drug-likeness (QED) is 0.636. The SMILES string of the molecule is CCn1nc(C(=O)NNC(=O)Cc2ccc(Cl)cc2Cl)c2ccccc2c1=O. The van der Waals surface area contributed by atoms with Gasteiger partial charge in [-0.1, -0.05) is 47.5 Å². The monoisotopic (exact) mass is 418 g/mol. The highest BCUT2D eigenvalue weighted by molar-refractivity contribution is 6.35. The molecule has 9 heteroatoms. The van der Waals surface area contributed by atoms with Crippen molar-refractivity contribution in [2.75, 3.05) is 0 Å². The van der Waals surface area contributed by atoms with Crippen molar-refractivity contribution in [2.45, 2.75) is 19.9 Å². The molecule has 7 nitrogen and oxygen atoms in total. The molecule has 2 amide bonds. The van der Waals surface area contributed by atoms with Gasteiger partial charge in [-0.3, -0.25) is 25.2 Å². The van der Waals surface area contributed by atoms with E-state index in [2.05, 4.69) is 16.0 Å². The number of hydrogen-bond donors (Lipinski definition) is 2. The first-order chi connectivity index (χ1) is 13.4. The summed E-state index contributed by atoms with van der Waals surface area (Å²) < 4.78 is 1.20. The van der Waals surface area contributed by atoms with Gasteiger partial charge in [0.2, 0.25) is 5.91 Å². The van der Waals surface area contributed by atoms with Gasteiger partial charge in [0, 0.05) is 22.0 Å². The van der Waals surface area contributed by atoms with E-state index in [0.29, 0.717) is 32.9 Å². The number of aryl methyl sites for hydroxylation is 1. The maximum Gasteiger partial charge on any atom is 0.290 e. The predicted octanol–water partition coefficient (Wildman–Crippen LogP) is 2.73. The van der Waals surface area contributed by atoms with Gasteiger partial charge in [-0.25, -0.2) is 4.68 Å². The third kappa shape index (κ3) is 4.16. The van der Waals surface area contributed by atoms with Gasteiger partial charge in [0.1, 0.15) is 0 Å². The number of rotatable bonds is 4. The van der Waals surface area contributed by atoms with Gasteiger partial charge in [-0.15, -0.1) is 0 Å². The van der Waals surface area contributed by atoms with E-state index in [0.717, 1.165) is 0 Å². The molecule has 0 saturated carbocycles. The zero-order chi connectivity index (χ0) is 20.3. The number of nitrogens with zero attached hydrogens (tertiary/aromatic N) is 2. The first-order valence-corrected chi connectivity index (χ1v) is 9.19. The number of hydrogen-bond acceptors (Lipinski definition) is 4. The molecule has 3 aromatic rings. The van der Waals surface area contributed by atoms with Crippen LogP contribution in [0.4, 0.5) is 0 Å². The van der Waals surface area contributed by atoms with Crippen molar-refractivity contribution in [3.63, 3.8) is 0 Å². The number of carbonyl (C=O) groups excluding carboxylic acids is 2. The zero-order valence-corrected chi connectivity index (χ0v) is 16.3. The van der Waals surface area contributed by atoms with Crippen LogP contribution in [0.5, 0.6) is 0 Å². The molecule has 28 heavy (non-hydrogen) atoms. The van der Waals surface area contributed by atoms with Crippen LogP contribution in [-0.4, -0.2) is 21.6 Å². The van der Waals surface area contributed by atoms with Crippen LogP contribution in [0.25, 0.3) is 10.8 Å². The van der Waals surface area contributed by atoms with Crippen molar-refractivity contribution in [1.29, 1.82) is 0 Å². The Morgan fingerprint density at radius 3 is 2.46 bits per heavy atom. The summed E-state index contributed by atoms with van der Waals surface area (Å²) in [5, 5.41) is 5.72. The molecule has 2 N–H and O–H groups in total. The van der Waals surface area contributed by atoms with Crippen molar-refractivity contribution in [3.8, 4) is 0 Å². The van der Waals surface area contributed by atoms with Crippen LogP contribution in [0.3, 0.4) is 0 Å². The van der Waals surface area contributed by atoms with E-state index in [-0.39, 0.29) is 17.7 Å². The van der Waals surface area contributed by atoms with Gasteiger partial charge >= 0.3 is 0 Å². The zero-order valence-electron chi connectivity index (χ0n) is 14.8. The molecule has 0 unspecified atom stereocenters. The number of hydrazine groups is 1. The lowest BCUT2D eigenvalue weighted by atomic mass is 10.1. The summed E-state index contributed by atoms with van der Waals surface area (Å²) in [5.41, 5.74) is 4.99. The first kappa shape index (κ1) is 19.9. The lowest BCUT2D eigenvalue weighted by Gasteiger charge is -2.11. The summed E-state index contributed by atoms with van der Waals surface area (Å²) >= 11 is 11.9. The average Bonchev–Trinajstić information content (AvgIpc) is 2.69. The summed E-state index contributed by atoms with van der Waals surface area (Å²) in [6.07, 6.45) is -0.0427. The highest BCUT2D eigenvalue weighted by atomic mass is 35.5. The molecule has 0 fully saturated rings. The number of amides is 2. The van der Waals surface area contributed by atoms with Gasteiger partial charge in [0.05, 0.1) is 11.8 Å². The molecule has 2 aromatic carbocycles. The maximum atomic E-state index is 12.6. The largest absolute Gasteiger partial charge is 0.290 e. The second kappa shape index (κ2) is 8.41. The topological polar surface area (TPSA) is 93.1 Å². The second-order valence-electron chi connectivity index (χ2n) is 5.93. The van der Waals surface area contributed by atoms with Gasteiger partial charge in [-0.05, 0) is 30.7 Å². The van der Waals surface area contributed by atoms with Gasteiger partial charge in [0.15, 0.2) is 5.69 Å². The van der Waals surface area contributed by atoms with Crippen molar-refractivity contribution in [2.24, 2.45) is 0 Å². The molecule has 1 heterocycles. The molecule has 0 spiro atoms. The Balaban J connectivity index is 1.77. The first-order valence-electron chi connectivity index (χ1n) is 8.43. The minimum atomic E-state index is -0.631. The number of fused-ring (bicyclic) bond motifs is 1. The van der Waals surface area contributed by atoms with Crippen molar-refractivity contribution in [3.05, 3.63) is 74.1 Å². The Labute approximate surface area is 170 Å². The predicted molar refractivity (Wildman–Crippen MR) is 107 cm³/mol. The summed E-state index contributed by atoms with van der Waals surface area (Å²) in [6, 6.07) is 11.5. The summed E-state index contributed by atoms with van der Waals surface area (Å²) in [6.45, 7) is 2.06. The van der Waals surface area contributed by atoms with E-state index in [1.165, 1.54) is 10.7 Å². The third-order valence-electron chi connectivity index (χ3n) is 4.06. The molecule has 3 rings (SSSR count). The Kier molecular flexibility index (Phi) is 5.96. The molecule has 0 radical (unpaired) electrons. The molecule has 0 saturated heterocycles. The van der Waals surface area contributed by atoms with Crippen LogP contribution < -0.4 is 16.4 Å². The highest BCUT2D eigenvalue weighted by Gasteiger charge is 2.17. The van der Waals surface area contributed by atoms with E-state index in [9.17, 15) is 14.4 Å². The smallest absolute Gasteiger partial charge is 0.273 e. The lowest BCUT2D eigenvalue weighted by molar-refractivity contribution is -0.121. The van der Waals surface area contributed by atoms with Gasteiger partial charge < -0.3 is 0 Å². The van der Waals surface area contributed by atoms with Crippen LogP contribution in [-0.2, 0) is 17.8 Å². The van der Waals surface area contributed by atoms with Crippen molar-refractivity contribution >= 4 is 45.8 Å². The molecule has 0 atom stereocenters. The minimum absolute atomic E-state index is 0.0427. The highest BCUT2D eigenvalue weighted by Crippen LogP contribution is 2.21. The van der Waals surface area contributed by atoms with E-state index >= 15 is 0 Å². The minimum Gasteiger partial charge on any atom is -0.273 e. The van der Waals surface area contributed by atoms with Crippen LogP contribution in [0.15, 0.2) is 47.3 Å². The summed E-state index contributed by atoms with van der Waals surface area (Å²) in [4.78, 5) is 37.0. The molecule has 0 aliphatic carbocycles. The Morgan fingerprint density at radius 2 is 1.79 bits per heavy atom. The standard InChI is InChI=1S/C19H16Cl2N4O3/c1-2-25-19(28)14-6-4-3-5-13(14)17(24-25)18(27)23-22-16(26)9-11-7-8-12(20)10-15(11)21/h3-8,10H,2,9H2,1H3,(H,22,26)(H,23,27). The van der Waals surface area contributed by atoms with E-state index in [1.807, 2.05) is 0 Å². The second-order valence-corrected chi connectivity index (χ2v) is 6.77. The Morgan fingerprint density at radius 1 is 1.07 bits per heavy atom. The van der Waals surface area contributed by atoms with Crippen LogP contribution in [0, 0.1) is 0 Å². The molecule has 0 aliphatic heterocycles. The lowest BCUT2D eigenvalue weighted by Crippen LogP contribution is -2.43. The maximum absolute atomic E-state index is 12.6. The van der Waals surface area contributed by atoms with Crippen LogP contribution in [0.2, 0.25) is 10.0 Å². The van der Waals surface area contributed by atoms with Gasteiger partial charge in [-0.2, -0.15) is 5.10 Å². The molecule has 1 aromatic heterocycles. The number of aromatic nitrogens is 2. The number of halogens is 2. The van der Waals surface area contributed by atoms with E-state index < -0.39 is 11.8 Å². The third-order valence-corrected chi connectivity index (χ3v) is 4.65. The molecule has 0 aliphatic rings. The van der Waals surface area contributed by atoms with Crippen LogP contribution >= 0.6 is 23.2 Å². The molecular formula is C19H16Cl2N4O3. The Bertz CT molecular complexity index is 1130. The van der Waals surface area contributed by atoms with Crippen LogP contribution in [0.1, 0.15) is 23.0 Å². The summed E-state index contributed by atoms with van der Waals surface area (Å²) in [5.74, 6) is -1.10. The van der Waals surface area contributed by atoms with Crippen molar-refractivity contribution < 1.29 is 9.59 Å². The number of nitrogens with one attached hydrogen (secondary N) is 2. The Hall–Kier alpha value is -2.90. The fraction of sp³-hybridized carbons (Fsp3) is 0.158. The average molecular weight is 419 g/mol. The molecular weight excluding hydrogens is 403 g/mol. The van der Waals surface area contributed by atoms with Gasteiger partial charge in [0.25, 0.3) is 11.5 Å². The fourth-order valence-corrected chi connectivity index (χ4v) is 3.16. The fourth-order valence-electron chi connectivity index (χ4n) is 2.69. The van der Waals surface area contributed by atoms with E-state index in [1.54, 1.807) is 43.3 Å². The normalized spacial score (nSPS) is 10.7. The number of carbonyl (C=O) groups is 2. The molecule has 0 bridgehead atoms. The number of benzene rings is 2. The van der Waals surface area contributed by atoms with E-state index in [4.69, 9.17) is 23.2 Å². The van der Waals surface area contributed by atoms with Crippen molar-refractivity contribution in [1.82, 2.24) is 20.6 Å². The molecule has 144 valence electrons. The summed E-state index contributed by atoms with van der Waals surface area (Å²) in [7, 11) is 0.